The van der Waals surface area contributed by atoms with Crippen LogP contribution in [0.5, 0.6) is 0 Å². The molecule has 1 fully saturated rings. The number of carbonyl (C=O) groups excluding carboxylic acids is 1. The highest BCUT2D eigenvalue weighted by Crippen LogP contribution is 2.56. The molecule has 2 heterocycles. The second-order valence-electron chi connectivity index (χ2n) is 16.7. The monoisotopic (exact) mass is 710 g/mol. The third-order valence-electron chi connectivity index (χ3n) is 13.2. The molecule has 10 rings (SSSR count). The first kappa shape index (κ1) is 32.9. The van der Waals surface area contributed by atoms with Crippen molar-refractivity contribution in [3.63, 3.8) is 0 Å². The van der Waals surface area contributed by atoms with Crippen molar-refractivity contribution in [3.05, 3.63) is 142 Å². The number of Topliss-reactive ketones (excluding diaryl/α,β-unsaturated/α-hetero) is 1. The molecule has 0 spiro atoms. The number of anilines is 2. The van der Waals surface area contributed by atoms with E-state index in [0.717, 1.165) is 47.0 Å². The molecule has 0 amide bonds. The first-order valence-corrected chi connectivity index (χ1v) is 19.2. The zero-order chi connectivity index (χ0) is 37.3. The van der Waals surface area contributed by atoms with Crippen LogP contribution in [0.25, 0.3) is 27.5 Å². The number of nitrogens with zero attached hydrogens (tertiary/aromatic N) is 2. The number of ketones is 1. The largest absolute Gasteiger partial charge is 0.871 e. The summed E-state index contributed by atoms with van der Waals surface area (Å²) >= 11 is 0. The number of carboxylic acid groups (broad SMARTS) is 1. The lowest BCUT2D eigenvalue weighted by Gasteiger charge is -2.31. The van der Waals surface area contributed by atoms with Crippen LogP contribution >= 0.6 is 0 Å². The molecule has 5 aromatic carbocycles. The Bertz CT molecular complexity index is 2620. The van der Waals surface area contributed by atoms with Gasteiger partial charge in [0, 0.05) is 57.6 Å². The number of allylic oxidation sites excluding steroid dienone is 3. The van der Waals surface area contributed by atoms with Gasteiger partial charge in [0.2, 0.25) is 5.69 Å². The summed E-state index contributed by atoms with van der Waals surface area (Å²) < 4.78 is 1.99. The molecule has 0 radical (unpaired) electrons. The van der Waals surface area contributed by atoms with E-state index in [1.54, 1.807) is 6.08 Å². The van der Waals surface area contributed by atoms with Crippen LogP contribution in [-0.4, -0.2) is 39.7 Å². The number of benzene rings is 5. The van der Waals surface area contributed by atoms with Crippen molar-refractivity contribution in [3.8, 4) is 11.1 Å². The Labute approximate surface area is 315 Å². The van der Waals surface area contributed by atoms with Crippen LogP contribution in [0, 0.1) is 0 Å². The fraction of sp³-hybridized carbons (Fsp3) is 0.271. The summed E-state index contributed by atoms with van der Waals surface area (Å²) in [6, 6.07) is 34.4. The molecule has 0 aromatic heterocycles. The maximum absolute atomic E-state index is 14.0. The lowest BCUT2D eigenvalue weighted by Crippen LogP contribution is -2.34. The van der Waals surface area contributed by atoms with Crippen LogP contribution in [0.1, 0.15) is 87.1 Å². The zero-order valence-corrected chi connectivity index (χ0v) is 31.1. The van der Waals surface area contributed by atoms with Crippen LogP contribution in [0.4, 0.5) is 17.1 Å². The van der Waals surface area contributed by atoms with E-state index in [9.17, 15) is 19.8 Å². The Morgan fingerprint density at radius 3 is 2.48 bits per heavy atom. The SMILES string of the molecule is CC1(C)C(C=C2C(=O)C(c3ccc4c(c3)C3CCCC3N4c3ccc4c(c3)C(C)(C)c3ccccc3-4)=C2[O-])=[N+](CCC(=O)O)c2ccc3ccccc3c21. The van der Waals surface area contributed by atoms with Gasteiger partial charge in [-0.25, -0.2) is 0 Å². The Kier molecular flexibility index (Phi) is 6.92. The average Bonchev–Trinajstić information content (AvgIpc) is 3.87. The number of carboxylic acids is 1. The Morgan fingerprint density at radius 2 is 1.67 bits per heavy atom. The number of rotatable bonds is 6. The molecule has 54 heavy (non-hydrogen) atoms. The minimum absolute atomic E-state index is 0.0700. The number of hydrogen-bond donors (Lipinski definition) is 1. The molecule has 2 aliphatic heterocycles. The Balaban J connectivity index is 1.02. The molecular weight excluding hydrogens is 669 g/mol. The van der Waals surface area contributed by atoms with E-state index in [-0.39, 0.29) is 41.1 Å². The fourth-order valence-corrected chi connectivity index (χ4v) is 10.6. The molecule has 3 aliphatic carbocycles. The quantitative estimate of drug-likeness (QED) is 0.141. The van der Waals surface area contributed by atoms with Crippen molar-refractivity contribution >= 4 is 50.9 Å². The van der Waals surface area contributed by atoms with Gasteiger partial charge in [0.1, 0.15) is 6.42 Å². The molecule has 268 valence electrons. The number of fused-ring (bicyclic) bond motifs is 9. The van der Waals surface area contributed by atoms with E-state index in [0.29, 0.717) is 17.5 Å². The van der Waals surface area contributed by atoms with Crippen molar-refractivity contribution in [2.45, 2.75) is 76.2 Å². The number of aliphatic carboxylic acids is 1. The van der Waals surface area contributed by atoms with Gasteiger partial charge in [-0.2, -0.15) is 4.58 Å². The van der Waals surface area contributed by atoms with Gasteiger partial charge in [0.15, 0.2) is 18.0 Å². The summed E-state index contributed by atoms with van der Waals surface area (Å²) in [6.07, 6.45) is 4.99. The van der Waals surface area contributed by atoms with E-state index in [1.165, 1.54) is 39.2 Å². The first-order valence-electron chi connectivity index (χ1n) is 19.2. The zero-order valence-electron chi connectivity index (χ0n) is 31.1. The summed E-state index contributed by atoms with van der Waals surface area (Å²) in [5.74, 6) is -1.06. The van der Waals surface area contributed by atoms with Crippen LogP contribution in [-0.2, 0) is 20.4 Å². The Hall–Kier alpha value is -5.75. The van der Waals surface area contributed by atoms with Crippen molar-refractivity contribution < 1.29 is 24.4 Å². The van der Waals surface area contributed by atoms with E-state index >= 15 is 0 Å². The van der Waals surface area contributed by atoms with Crippen LogP contribution < -0.4 is 10.0 Å². The van der Waals surface area contributed by atoms with E-state index < -0.39 is 11.4 Å². The van der Waals surface area contributed by atoms with Gasteiger partial charge in [-0.15, -0.1) is 0 Å². The van der Waals surface area contributed by atoms with Crippen molar-refractivity contribution in [2.24, 2.45) is 0 Å². The molecule has 1 N–H and O–H groups in total. The summed E-state index contributed by atoms with van der Waals surface area (Å²) in [5, 5.41) is 25.8. The average molecular weight is 711 g/mol. The van der Waals surface area contributed by atoms with E-state index in [2.05, 4.69) is 99.3 Å². The highest BCUT2D eigenvalue weighted by Gasteiger charge is 2.48. The van der Waals surface area contributed by atoms with Gasteiger partial charge >= 0.3 is 5.97 Å². The fourth-order valence-electron chi connectivity index (χ4n) is 10.6. The molecule has 6 heteroatoms. The maximum Gasteiger partial charge on any atom is 0.309 e. The van der Waals surface area contributed by atoms with Crippen LogP contribution in [0.3, 0.4) is 0 Å². The molecule has 2 atom stereocenters. The van der Waals surface area contributed by atoms with E-state index in [4.69, 9.17) is 0 Å². The minimum atomic E-state index is -0.897. The normalized spacial score (nSPS) is 22.0. The van der Waals surface area contributed by atoms with Crippen molar-refractivity contribution in [1.29, 1.82) is 0 Å². The smallest absolute Gasteiger partial charge is 0.309 e. The first-order chi connectivity index (χ1) is 26.0. The number of carbonyl (C=O) groups is 2. The molecular formula is C48H42N2O4. The third-order valence-corrected chi connectivity index (χ3v) is 13.2. The summed E-state index contributed by atoms with van der Waals surface area (Å²) in [7, 11) is 0. The highest BCUT2D eigenvalue weighted by atomic mass is 16.4. The van der Waals surface area contributed by atoms with Gasteiger partial charge in [-0.1, -0.05) is 86.7 Å². The number of hydrogen-bond acceptors (Lipinski definition) is 4. The van der Waals surface area contributed by atoms with E-state index in [1.807, 2.05) is 34.9 Å². The molecule has 6 nitrogen and oxygen atoms in total. The lowest BCUT2D eigenvalue weighted by atomic mass is 9.76. The van der Waals surface area contributed by atoms with Crippen LogP contribution in [0.2, 0.25) is 0 Å². The predicted molar refractivity (Wildman–Crippen MR) is 212 cm³/mol. The van der Waals surface area contributed by atoms with Gasteiger partial charge in [-0.3, -0.25) is 9.59 Å². The standard InChI is InChI=1S/C48H42N2O4/c1-47(2)36-14-8-7-12-31(36)32-19-18-29(25-37(32)47)50-38-15-9-13-33(38)34-24-28(17-20-39(34)50)43-45(53)35(46(43)54)26-41-48(3,4)44-30-11-6-5-10-27(30)16-21-40(44)49(41)23-22-42(51)52/h5-8,10-12,14,16-21,24-26,33,38H,9,13,15,22-23H2,1-4H3,(H-,51,52,53,54). The van der Waals surface area contributed by atoms with Gasteiger partial charge in [0.25, 0.3) is 0 Å². The molecule has 0 saturated heterocycles. The van der Waals surface area contributed by atoms with Crippen LogP contribution in [0.15, 0.2) is 114 Å². The molecule has 5 aromatic rings. The molecule has 1 saturated carbocycles. The molecule has 5 aliphatic rings. The summed E-state index contributed by atoms with van der Waals surface area (Å²) in [6.45, 7) is 9.05. The third kappa shape index (κ3) is 4.43. The highest BCUT2D eigenvalue weighted by molar-refractivity contribution is 6.40. The summed E-state index contributed by atoms with van der Waals surface area (Å²) in [5.41, 5.74) is 12.1. The van der Waals surface area contributed by atoms with Crippen molar-refractivity contribution in [2.75, 3.05) is 11.4 Å². The summed E-state index contributed by atoms with van der Waals surface area (Å²) in [4.78, 5) is 28.3. The van der Waals surface area contributed by atoms with Gasteiger partial charge < -0.3 is 15.1 Å². The minimum Gasteiger partial charge on any atom is -0.871 e. The molecule has 2 unspecified atom stereocenters. The van der Waals surface area contributed by atoms with Gasteiger partial charge in [0.05, 0.1) is 5.41 Å². The van der Waals surface area contributed by atoms with Gasteiger partial charge in [-0.05, 0) is 101 Å². The lowest BCUT2D eigenvalue weighted by molar-refractivity contribution is -0.436. The topological polar surface area (TPSA) is 83.7 Å². The maximum atomic E-state index is 14.0. The second-order valence-corrected chi connectivity index (χ2v) is 16.7. The molecule has 0 bridgehead atoms. The Morgan fingerprint density at radius 1 is 0.889 bits per heavy atom. The van der Waals surface area contributed by atoms with Crippen molar-refractivity contribution in [1.82, 2.24) is 0 Å². The predicted octanol–water partition coefficient (Wildman–Crippen LogP) is 9.07. The second kappa shape index (κ2) is 11.4.